The van der Waals surface area contributed by atoms with Crippen molar-refractivity contribution in [1.82, 2.24) is 19.5 Å². The van der Waals surface area contributed by atoms with Gasteiger partial charge in [-0.3, -0.25) is 0 Å². The maximum Gasteiger partial charge on any atom is 0.183 e. The highest BCUT2D eigenvalue weighted by atomic mass is 15.5. The molecule has 0 aliphatic rings. The van der Waals surface area contributed by atoms with Crippen molar-refractivity contribution in [2.75, 3.05) is 0 Å². The van der Waals surface area contributed by atoms with Crippen LogP contribution in [0.2, 0.25) is 0 Å². The minimum Gasteiger partial charge on any atom is -0.245 e. The lowest BCUT2D eigenvalue weighted by molar-refractivity contribution is 0.725. The molecule has 0 aliphatic heterocycles. The Morgan fingerprint density at radius 3 is 1.29 bits per heavy atom. The fourth-order valence-electron chi connectivity index (χ4n) is 6.57. The van der Waals surface area contributed by atoms with Crippen LogP contribution in [0.4, 0.5) is 0 Å². The van der Waals surface area contributed by atoms with Crippen molar-refractivity contribution in [3.8, 4) is 22.8 Å². The van der Waals surface area contributed by atoms with Gasteiger partial charge in [0.2, 0.25) is 0 Å². The summed E-state index contributed by atoms with van der Waals surface area (Å²) in [7, 11) is 0. The molecule has 0 unspecified atom stereocenters. The third-order valence-electron chi connectivity index (χ3n) is 8.42. The molecule has 0 radical (unpaired) electrons. The Labute approximate surface area is 241 Å². The largest absolute Gasteiger partial charge is 0.245 e. The molecular weight excluding hydrogens is 512 g/mol. The number of hydrogen-bond donors (Lipinski definition) is 0. The van der Waals surface area contributed by atoms with Gasteiger partial charge in [-0.15, -0.1) is 10.2 Å². The predicted molar refractivity (Wildman–Crippen MR) is 174 cm³/mol. The molecule has 2 aromatic heterocycles. The van der Waals surface area contributed by atoms with Crippen molar-refractivity contribution < 1.29 is 0 Å². The molecule has 0 N–H and O–H groups in total. The van der Waals surface area contributed by atoms with E-state index < -0.39 is 0 Å². The van der Waals surface area contributed by atoms with E-state index in [2.05, 4.69) is 119 Å². The van der Waals surface area contributed by atoms with Crippen molar-refractivity contribution >= 4 is 54.1 Å². The second-order valence-electron chi connectivity index (χ2n) is 10.7. The van der Waals surface area contributed by atoms with Gasteiger partial charge in [-0.05, 0) is 50.5 Å². The quantitative estimate of drug-likeness (QED) is 0.211. The van der Waals surface area contributed by atoms with E-state index in [1.807, 2.05) is 36.4 Å². The van der Waals surface area contributed by atoms with Gasteiger partial charge in [0.1, 0.15) is 0 Å². The number of benzene rings is 7. The molecule has 0 amide bonds. The molecule has 7 aromatic carbocycles. The third-order valence-corrected chi connectivity index (χ3v) is 8.42. The lowest BCUT2D eigenvalue weighted by atomic mass is 9.93. The highest BCUT2D eigenvalue weighted by Crippen LogP contribution is 2.40. The molecule has 0 saturated carbocycles. The SMILES string of the molecule is c1ccc(-c2nnc(-c3ccccc3)n2-n2c3ccccc3c3cc4c5ccccc5c5ccccc5c4cc32)cc1. The number of aromatic nitrogens is 4. The minimum atomic E-state index is 0.792. The van der Waals surface area contributed by atoms with Gasteiger partial charge in [0.25, 0.3) is 0 Å². The summed E-state index contributed by atoms with van der Waals surface area (Å²) < 4.78 is 4.49. The number of rotatable bonds is 3. The summed E-state index contributed by atoms with van der Waals surface area (Å²) >= 11 is 0. The Morgan fingerprint density at radius 1 is 0.310 bits per heavy atom. The topological polar surface area (TPSA) is 35.6 Å². The van der Waals surface area contributed by atoms with E-state index in [1.54, 1.807) is 0 Å². The van der Waals surface area contributed by atoms with Gasteiger partial charge in [0.15, 0.2) is 11.6 Å². The second-order valence-corrected chi connectivity index (χ2v) is 10.7. The van der Waals surface area contributed by atoms with Crippen LogP contribution in [0, 0.1) is 0 Å². The highest BCUT2D eigenvalue weighted by molar-refractivity contribution is 6.28. The first-order valence-electron chi connectivity index (χ1n) is 14.2. The fraction of sp³-hybridized carbons (Fsp3) is 0. The van der Waals surface area contributed by atoms with Gasteiger partial charge < -0.3 is 0 Å². The van der Waals surface area contributed by atoms with Crippen LogP contribution in [0.1, 0.15) is 0 Å². The number of para-hydroxylation sites is 1. The summed E-state index contributed by atoms with van der Waals surface area (Å²) in [6, 6.07) is 51.5. The lowest BCUT2D eigenvalue weighted by Gasteiger charge is -2.16. The van der Waals surface area contributed by atoms with Crippen molar-refractivity contribution in [1.29, 1.82) is 0 Å². The molecule has 42 heavy (non-hydrogen) atoms. The van der Waals surface area contributed by atoms with Gasteiger partial charge in [0.05, 0.1) is 11.0 Å². The standard InChI is InChI=1S/C38H24N4/c1-3-13-25(14-4-1)37-39-40-38(26-15-5-2-6-16-26)42(37)41-35-22-12-11-21-31(35)34-23-32-29-19-9-7-17-27(29)28-18-8-10-20-30(28)33(32)24-36(34)41/h1-24H. The van der Waals surface area contributed by atoms with Crippen molar-refractivity contribution in [2.24, 2.45) is 0 Å². The van der Waals surface area contributed by atoms with E-state index in [-0.39, 0.29) is 0 Å². The summed E-state index contributed by atoms with van der Waals surface area (Å²) in [6.45, 7) is 0. The number of hydrogen-bond acceptors (Lipinski definition) is 2. The maximum absolute atomic E-state index is 4.78. The minimum absolute atomic E-state index is 0.792. The molecule has 0 spiro atoms. The Bertz CT molecular complexity index is 2390. The van der Waals surface area contributed by atoms with Crippen LogP contribution in [0.5, 0.6) is 0 Å². The molecule has 9 aromatic rings. The van der Waals surface area contributed by atoms with Gasteiger partial charge in [-0.2, -0.15) is 0 Å². The van der Waals surface area contributed by atoms with E-state index >= 15 is 0 Å². The van der Waals surface area contributed by atoms with E-state index in [0.29, 0.717) is 0 Å². The zero-order valence-corrected chi connectivity index (χ0v) is 22.6. The van der Waals surface area contributed by atoms with E-state index in [9.17, 15) is 0 Å². The molecule has 196 valence electrons. The zero-order valence-electron chi connectivity index (χ0n) is 22.6. The summed E-state index contributed by atoms with van der Waals surface area (Å²) in [5.41, 5.74) is 4.23. The van der Waals surface area contributed by atoms with Gasteiger partial charge >= 0.3 is 0 Å². The lowest BCUT2D eigenvalue weighted by Crippen LogP contribution is -2.12. The molecule has 4 nitrogen and oxygen atoms in total. The van der Waals surface area contributed by atoms with Gasteiger partial charge in [-0.1, -0.05) is 127 Å². The van der Waals surface area contributed by atoms with E-state index in [0.717, 1.165) is 33.8 Å². The molecule has 4 heteroatoms. The molecular formula is C38H24N4. The number of fused-ring (bicyclic) bond motifs is 9. The number of nitrogens with zero attached hydrogens (tertiary/aromatic N) is 4. The smallest absolute Gasteiger partial charge is 0.183 e. The zero-order chi connectivity index (χ0) is 27.6. The Hall–Kier alpha value is -5.74. The summed E-state index contributed by atoms with van der Waals surface area (Å²) in [5.74, 6) is 1.58. The van der Waals surface area contributed by atoms with E-state index in [4.69, 9.17) is 10.2 Å². The monoisotopic (exact) mass is 536 g/mol. The molecule has 9 rings (SSSR count). The van der Waals surface area contributed by atoms with E-state index in [1.165, 1.54) is 43.1 Å². The van der Waals surface area contributed by atoms with Crippen LogP contribution in [-0.4, -0.2) is 19.5 Å². The summed E-state index contributed by atoms with van der Waals surface area (Å²) in [4.78, 5) is 0. The third kappa shape index (κ3) is 3.23. The maximum atomic E-state index is 4.78. The Morgan fingerprint density at radius 2 is 0.738 bits per heavy atom. The van der Waals surface area contributed by atoms with Crippen LogP contribution in [0.3, 0.4) is 0 Å². The predicted octanol–water partition coefficient (Wildman–Crippen LogP) is 9.49. The summed E-state index contributed by atoms with van der Waals surface area (Å²) in [6.07, 6.45) is 0. The molecule has 2 heterocycles. The molecule has 0 saturated heterocycles. The van der Waals surface area contributed by atoms with Crippen molar-refractivity contribution in [3.63, 3.8) is 0 Å². The molecule has 0 bridgehead atoms. The fourth-order valence-corrected chi connectivity index (χ4v) is 6.57. The van der Waals surface area contributed by atoms with Crippen molar-refractivity contribution in [2.45, 2.75) is 0 Å². The summed E-state index contributed by atoms with van der Waals surface area (Å²) in [5, 5.41) is 19.5. The first kappa shape index (κ1) is 23.0. The Kier molecular flexibility index (Phi) is 4.87. The van der Waals surface area contributed by atoms with Crippen LogP contribution in [0.25, 0.3) is 76.9 Å². The Balaban J connectivity index is 1.49. The first-order valence-corrected chi connectivity index (χ1v) is 14.2. The van der Waals surface area contributed by atoms with Crippen LogP contribution in [0.15, 0.2) is 146 Å². The van der Waals surface area contributed by atoms with Crippen LogP contribution in [-0.2, 0) is 0 Å². The molecule has 0 atom stereocenters. The van der Waals surface area contributed by atoms with Gasteiger partial charge in [0, 0.05) is 21.9 Å². The average Bonchev–Trinajstić information content (AvgIpc) is 3.64. The van der Waals surface area contributed by atoms with Crippen LogP contribution >= 0.6 is 0 Å². The normalized spacial score (nSPS) is 11.8. The molecule has 0 fully saturated rings. The average molecular weight is 537 g/mol. The van der Waals surface area contributed by atoms with Crippen molar-refractivity contribution in [3.05, 3.63) is 146 Å². The van der Waals surface area contributed by atoms with Crippen LogP contribution < -0.4 is 0 Å². The molecule has 0 aliphatic carbocycles. The first-order chi connectivity index (χ1) is 20.9. The highest BCUT2D eigenvalue weighted by Gasteiger charge is 2.22. The second kappa shape index (κ2) is 8.88. The van der Waals surface area contributed by atoms with Gasteiger partial charge in [-0.25, -0.2) is 9.35 Å².